The summed E-state index contributed by atoms with van der Waals surface area (Å²) in [6, 6.07) is 20.2. The van der Waals surface area contributed by atoms with Crippen LogP contribution in [0.3, 0.4) is 0 Å². The van der Waals surface area contributed by atoms with Crippen LogP contribution in [0.1, 0.15) is 12.5 Å². The van der Waals surface area contributed by atoms with E-state index in [-0.39, 0.29) is 0 Å². The maximum Gasteiger partial charge on any atom is 0.161 e. The smallest absolute Gasteiger partial charge is 0.161 e. The molecule has 0 unspecified atom stereocenters. The number of benzene rings is 2. The van der Waals surface area contributed by atoms with E-state index >= 15 is 0 Å². The van der Waals surface area contributed by atoms with Gasteiger partial charge in [0, 0.05) is 27.8 Å². The van der Waals surface area contributed by atoms with Gasteiger partial charge >= 0.3 is 0 Å². The van der Waals surface area contributed by atoms with Crippen molar-refractivity contribution in [2.75, 3.05) is 5.32 Å². The zero-order valence-corrected chi connectivity index (χ0v) is 14.7. The van der Waals surface area contributed by atoms with Crippen LogP contribution >= 0.6 is 12.6 Å². The molecule has 2 aromatic heterocycles. The molecule has 25 heavy (non-hydrogen) atoms. The van der Waals surface area contributed by atoms with Crippen LogP contribution in [0.5, 0.6) is 0 Å². The van der Waals surface area contributed by atoms with Gasteiger partial charge in [-0.1, -0.05) is 37.3 Å². The number of anilines is 2. The minimum atomic E-state index is 0.885. The number of hydrogen-bond donors (Lipinski definition) is 2. The number of nitrogens with one attached hydrogen (secondary N) is 1. The Morgan fingerprint density at radius 2 is 1.80 bits per heavy atom. The summed E-state index contributed by atoms with van der Waals surface area (Å²) in [6.07, 6.45) is 2.78. The second kappa shape index (κ2) is 6.61. The van der Waals surface area contributed by atoms with Crippen molar-refractivity contribution < 1.29 is 0 Å². The molecule has 0 saturated heterocycles. The highest BCUT2D eigenvalue weighted by molar-refractivity contribution is 7.80. The van der Waals surface area contributed by atoms with E-state index in [9.17, 15) is 0 Å². The first-order chi connectivity index (χ1) is 12.2. The molecule has 0 aliphatic rings. The van der Waals surface area contributed by atoms with Crippen molar-refractivity contribution in [1.29, 1.82) is 0 Å². The van der Waals surface area contributed by atoms with Gasteiger partial charge in [-0.2, -0.15) is 9.61 Å². The summed E-state index contributed by atoms with van der Waals surface area (Å²) < 4.78 is 1.86. The van der Waals surface area contributed by atoms with Gasteiger partial charge in [-0.25, -0.2) is 4.98 Å². The van der Waals surface area contributed by atoms with Gasteiger partial charge in [0.1, 0.15) is 5.82 Å². The van der Waals surface area contributed by atoms with E-state index in [1.54, 1.807) is 0 Å². The molecule has 5 heteroatoms. The first kappa shape index (κ1) is 15.7. The van der Waals surface area contributed by atoms with Crippen LogP contribution in [0.2, 0.25) is 0 Å². The Morgan fingerprint density at radius 3 is 2.52 bits per heavy atom. The third-order valence-corrected chi connectivity index (χ3v) is 4.43. The van der Waals surface area contributed by atoms with Crippen LogP contribution in [-0.2, 0) is 6.42 Å². The second-order valence-electron chi connectivity index (χ2n) is 5.82. The van der Waals surface area contributed by atoms with Gasteiger partial charge in [-0.3, -0.25) is 0 Å². The van der Waals surface area contributed by atoms with E-state index < -0.39 is 0 Å². The van der Waals surface area contributed by atoms with Gasteiger partial charge in [-0.05, 0) is 30.7 Å². The van der Waals surface area contributed by atoms with Crippen molar-refractivity contribution in [2.45, 2.75) is 18.2 Å². The molecule has 4 nitrogen and oxygen atoms in total. The molecule has 0 atom stereocenters. The zero-order chi connectivity index (χ0) is 17.2. The molecule has 0 saturated carbocycles. The summed E-state index contributed by atoms with van der Waals surface area (Å²) in [6.45, 7) is 2.12. The van der Waals surface area contributed by atoms with Gasteiger partial charge in [0.15, 0.2) is 5.65 Å². The lowest BCUT2D eigenvalue weighted by Crippen LogP contribution is -2.03. The van der Waals surface area contributed by atoms with Crippen LogP contribution in [0.4, 0.5) is 11.5 Å². The maximum atomic E-state index is 4.84. The number of nitrogens with zero attached hydrogens (tertiary/aromatic N) is 3. The molecule has 0 amide bonds. The first-order valence-electron chi connectivity index (χ1n) is 8.23. The van der Waals surface area contributed by atoms with Gasteiger partial charge in [0.2, 0.25) is 0 Å². The summed E-state index contributed by atoms with van der Waals surface area (Å²) in [5.41, 5.74) is 5.01. The minimum absolute atomic E-state index is 0.885. The van der Waals surface area contributed by atoms with Gasteiger partial charge in [0.05, 0.1) is 11.9 Å². The normalized spacial score (nSPS) is 11.0. The molecule has 2 aromatic carbocycles. The molecule has 0 bridgehead atoms. The van der Waals surface area contributed by atoms with E-state index in [1.165, 1.54) is 0 Å². The van der Waals surface area contributed by atoms with Crippen molar-refractivity contribution in [2.24, 2.45) is 0 Å². The number of aryl methyl sites for hydroxylation is 1. The summed E-state index contributed by atoms with van der Waals surface area (Å²) in [4.78, 5) is 5.77. The predicted octanol–water partition coefficient (Wildman–Crippen LogP) is 4.99. The lowest BCUT2D eigenvalue weighted by atomic mass is 10.1. The second-order valence-corrected chi connectivity index (χ2v) is 6.34. The highest BCUT2D eigenvalue weighted by atomic mass is 32.1. The third-order valence-electron chi connectivity index (χ3n) is 4.14. The fourth-order valence-electron chi connectivity index (χ4n) is 2.80. The largest absolute Gasteiger partial charge is 0.340 e. The number of hydrogen-bond acceptors (Lipinski definition) is 4. The summed E-state index contributed by atoms with van der Waals surface area (Å²) in [5.74, 6) is 0.885. The molecular weight excluding hydrogens is 328 g/mol. The molecule has 2 heterocycles. The number of rotatable bonds is 4. The average molecular weight is 346 g/mol. The van der Waals surface area contributed by atoms with Crippen LogP contribution < -0.4 is 5.32 Å². The topological polar surface area (TPSA) is 42.2 Å². The first-order valence-corrected chi connectivity index (χ1v) is 8.68. The molecular formula is C20H18N4S. The number of aromatic nitrogens is 3. The highest BCUT2D eigenvalue weighted by Gasteiger charge is 2.12. The molecule has 0 fully saturated rings. The van der Waals surface area contributed by atoms with Gasteiger partial charge in [0.25, 0.3) is 0 Å². The van der Waals surface area contributed by atoms with E-state index in [4.69, 9.17) is 4.98 Å². The molecule has 4 rings (SSSR count). The molecule has 0 aliphatic carbocycles. The minimum Gasteiger partial charge on any atom is -0.340 e. The van der Waals surface area contributed by atoms with Crippen LogP contribution in [0, 0.1) is 0 Å². The predicted molar refractivity (Wildman–Crippen MR) is 105 cm³/mol. The van der Waals surface area contributed by atoms with Gasteiger partial charge in [-0.15, -0.1) is 12.6 Å². The maximum absolute atomic E-state index is 4.84. The molecule has 0 spiro atoms. The number of fused-ring (bicyclic) bond motifs is 1. The van der Waals surface area contributed by atoms with Crippen molar-refractivity contribution in [3.8, 4) is 11.3 Å². The monoisotopic (exact) mass is 346 g/mol. The Bertz CT molecular complexity index is 1010. The highest BCUT2D eigenvalue weighted by Crippen LogP contribution is 2.26. The van der Waals surface area contributed by atoms with E-state index in [2.05, 4.69) is 42.1 Å². The third kappa shape index (κ3) is 3.10. The molecule has 1 N–H and O–H groups in total. The summed E-state index contributed by atoms with van der Waals surface area (Å²) in [5, 5.41) is 7.96. The van der Waals surface area contributed by atoms with Crippen LogP contribution in [0.25, 0.3) is 16.9 Å². The van der Waals surface area contributed by atoms with Crippen molar-refractivity contribution in [1.82, 2.24) is 14.6 Å². The molecule has 0 aliphatic heterocycles. The Morgan fingerprint density at radius 1 is 1.04 bits per heavy atom. The van der Waals surface area contributed by atoms with Crippen LogP contribution in [-0.4, -0.2) is 14.6 Å². The molecule has 124 valence electrons. The van der Waals surface area contributed by atoms with Crippen molar-refractivity contribution >= 4 is 29.8 Å². The SMILES string of the molecule is CCc1cnn2c(Nc3ccc(S)cc3)cc(-c3ccccc3)nc12. The Balaban J connectivity index is 1.86. The van der Waals surface area contributed by atoms with Crippen LogP contribution in [0.15, 0.2) is 71.8 Å². The lowest BCUT2D eigenvalue weighted by Gasteiger charge is -2.11. The average Bonchev–Trinajstić information content (AvgIpc) is 3.07. The molecule has 4 aromatic rings. The fraction of sp³-hybridized carbons (Fsp3) is 0.100. The lowest BCUT2D eigenvalue weighted by molar-refractivity contribution is 0.948. The Labute approximate surface area is 152 Å². The van der Waals surface area contributed by atoms with Crippen molar-refractivity contribution in [3.05, 3.63) is 72.4 Å². The van der Waals surface area contributed by atoms with E-state index in [0.29, 0.717) is 0 Å². The Kier molecular flexibility index (Phi) is 4.15. The summed E-state index contributed by atoms with van der Waals surface area (Å²) >= 11 is 4.34. The quantitative estimate of drug-likeness (QED) is 0.512. The molecule has 0 radical (unpaired) electrons. The van der Waals surface area contributed by atoms with Gasteiger partial charge < -0.3 is 5.32 Å². The number of thiol groups is 1. The van der Waals surface area contributed by atoms with E-state index in [1.807, 2.05) is 59.2 Å². The van der Waals surface area contributed by atoms with E-state index in [0.717, 1.165) is 45.3 Å². The standard InChI is InChI=1S/C20H18N4S/c1-2-14-13-21-24-19(22-16-8-10-17(25)11-9-16)12-18(23-20(14)24)15-6-4-3-5-7-15/h3-13,22,25H,2H2,1H3. The zero-order valence-electron chi connectivity index (χ0n) is 13.8. The summed E-state index contributed by atoms with van der Waals surface area (Å²) in [7, 11) is 0. The fourth-order valence-corrected chi connectivity index (χ4v) is 2.95. The Hall–Kier alpha value is -2.79. The van der Waals surface area contributed by atoms with Crippen molar-refractivity contribution in [3.63, 3.8) is 0 Å².